The molecule has 0 aliphatic carbocycles. The van der Waals surface area contributed by atoms with Crippen molar-refractivity contribution in [3.05, 3.63) is 29.6 Å². The number of aromatic nitrogens is 1. The van der Waals surface area contributed by atoms with Crippen LogP contribution in [0.1, 0.15) is 37.9 Å². The minimum Gasteiger partial charge on any atom is -0.310 e. The van der Waals surface area contributed by atoms with Gasteiger partial charge in [0, 0.05) is 24.0 Å². The zero-order chi connectivity index (χ0) is 12.7. The third kappa shape index (κ3) is 4.00. The van der Waals surface area contributed by atoms with Crippen LogP contribution in [-0.2, 0) is 6.54 Å². The smallest absolute Gasteiger partial charge is 0.0570 e. The molecule has 1 rings (SSSR count). The van der Waals surface area contributed by atoms with Gasteiger partial charge in [-0.3, -0.25) is 4.98 Å². The van der Waals surface area contributed by atoms with E-state index in [2.05, 4.69) is 43.4 Å². The number of hydrogen-bond acceptors (Lipinski definition) is 3. The largest absolute Gasteiger partial charge is 0.310 e. The van der Waals surface area contributed by atoms with Crippen molar-refractivity contribution in [1.82, 2.24) is 10.3 Å². The summed E-state index contributed by atoms with van der Waals surface area (Å²) < 4.78 is 0.378. The molecule has 0 amide bonds. The second kappa shape index (κ2) is 7.02. The van der Waals surface area contributed by atoms with Gasteiger partial charge in [-0.15, -0.1) is 0 Å². The molecule has 17 heavy (non-hydrogen) atoms. The molecule has 96 valence electrons. The maximum atomic E-state index is 4.41. The van der Waals surface area contributed by atoms with Crippen molar-refractivity contribution in [2.45, 2.75) is 44.9 Å². The van der Waals surface area contributed by atoms with Crippen LogP contribution in [-0.4, -0.2) is 22.5 Å². The number of rotatable bonds is 7. The molecular weight excluding hydrogens is 228 g/mol. The zero-order valence-electron chi connectivity index (χ0n) is 11.4. The van der Waals surface area contributed by atoms with E-state index in [-0.39, 0.29) is 0 Å². The SMILES string of the molecule is CCC(CC)(CNCc1ncccc1C)SC. The molecule has 1 heterocycles. The van der Waals surface area contributed by atoms with Crippen molar-refractivity contribution in [2.75, 3.05) is 12.8 Å². The zero-order valence-corrected chi connectivity index (χ0v) is 12.2. The van der Waals surface area contributed by atoms with Crippen LogP contribution in [0, 0.1) is 6.92 Å². The van der Waals surface area contributed by atoms with E-state index in [1.54, 1.807) is 0 Å². The van der Waals surface area contributed by atoms with E-state index in [0.717, 1.165) is 18.8 Å². The van der Waals surface area contributed by atoms with E-state index >= 15 is 0 Å². The molecule has 0 saturated carbocycles. The highest BCUT2D eigenvalue weighted by molar-refractivity contribution is 8.00. The Kier molecular flexibility index (Phi) is 6.00. The van der Waals surface area contributed by atoms with Gasteiger partial charge >= 0.3 is 0 Å². The summed E-state index contributed by atoms with van der Waals surface area (Å²) in [7, 11) is 0. The van der Waals surface area contributed by atoms with E-state index in [1.807, 2.05) is 24.0 Å². The number of hydrogen-bond donors (Lipinski definition) is 1. The minimum atomic E-state index is 0.378. The van der Waals surface area contributed by atoms with Gasteiger partial charge < -0.3 is 5.32 Å². The lowest BCUT2D eigenvalue weighted by Crippen LogP contribution is -2.36. The Hall–Kier alpha value is -0.540. The lowest BCUT2D eigenvalue weighted by Gasteiger charge is -2.30. The van der Waals surface area contributed by atoms with Crippen LogP contribution in [0.25, 0.3) is 0 Å². The van der Waals surface area contributed by atoms with Gasteiger partial charge in [-0.25, -0.2) is 0 Å². The molecule has 1 N–H and O–H groups in total. The Labute approximate surface area is 110 Å². The molecule has 1 aromatic heterocycles. The lowest BCUT2D eigenvalue weighted by molar-refractivity contribution is 0.492. The molecule has 0 bridgehead atoms. The van der Waals surface area contributed by atoms with Crippen molar-refractivity contribution in [3.8, 4) is 0 Å². The summed E-state index contributed by atoms with van der Waals surface area (Å²) in [5.74, 6) is 0. The molecule has 0 spiro atoms. The van der Waals surface area contributed by atoms with E-state index in [9.17, 15) is 0 Å². The van der Waals surface area contributed by atoms with Crippen LogP contribution in [0.4, 0.5) is 0 Å². The monoisotopic (exact) mass is 252 g/mol. The van der Waals surface area contributed by atoms with Gasteiger partial charge in [0.1, 0.15) is 0 Å². The van der Waals surface area contributed by atoms with Gasteiger partial charge in [0.2, 0.25) is 0 Å². The number of nitrogens with one attached hydrogen (secondary N) is 1. The first kappa shape index (κ1) is 14.5. The normalized spacial score (nSPS) is 11.8. The summed E-state index contributed by atoms with van der Waals surface area (Å²) in [6.07, 6.45) is 6.49. The predicted octanol–water partition coefficient (Wildman–Crippen LogP) is 3.40. The molecule has 0 aromatic carbocycles. The van der Waals surface area contributed by atoms with Gasteiger partial charge in [-0.05, 0) is 37.7 Å². The Balaban J connectivity index is 2.49. The average molecular weight is 252 g/mol. The second-order valence-electron chi connectivity index (χ2n) is 4.46. The van der Waals surface area contributed by atoms with Gasteiger partial charge in [0.25, 0.3) is 0 Å². The molecule has 1 aromatic rings. The standard InChI is InChI=1S/C14H24N2S/c1-5-14(6-2,17-4)11-15-10-13-12(3)8-7-9-16-13/h7-9,15H,5-6,10-11H2,1-4H3. The molecule has 0 unspecified atom stereocenters. The quantitative estimate of drug-likeness (QED) is 0.805. The third-order valence-electron chi connectivity index (χ3n) is 3.58. The highest BCUT2D eigenvalue weighted by Gasteiger charge is 2.24. The molecule has 0 atom stereocenters. The molecular formula is C14H24N2S. The Morgan fingerprint density at radius 2 is 2.06 bits per heavy atom. The highest BCUT2D eigenvalue weighted by Crippen LogP contribution is 2.29. The van der Waals surface area contributed by atoms with Crippen LogP contribution in [0.5, 0.6) is 0 Å². The van der Waals surface area contributed by atoms with E-state index < -0.39 is 0 Å². The van der Waals surface area contributed by atoms with Gasteiger partial charge in [-0.1, -0.05) is 19.9 Å². The van der Waals surface area contributed by atoms with E-state index in [1.165, 1.54) is 18.4 Å². The molecule has 0 aliphatic rings. The molecule has 0 fully saturated rings. The fraction of sp³-hybridized carbons (Fsp3) is 0.643. The summed E-state index contributed by atoms with van der Waals surface area (Å²) in [6.45, 7) is 8.58. The highest BCUT2D eigenvalue weighted by atomic mass is 32.2. The topological polar surface area (TPSA) is 24.9 Å². The number of thioether (sulfide) groups is 1. The summed E-state index contributed by atoms with van der Waals surface area (Å²) >= 11 is 1.97. The number of nitrogens with zero attached hydrogens (tertiary/aromatic N) is 1. The van der Waals surface area contributed by atoms with Crippen molar-refractivity contribution in [1.29, 1.82) is 0 Å². The Morgan fingerprint density at radius 1 is 1.35 bits per heavy atom. The summed E-state index contributed by atoms with van der Waals surface area (Å²) in [6, 6.07) is 4.11. The molecule has 2 nitrogen and oxygen atoms in total. The maximum absolute atomic E-state index is 4.41. The Morgan fingerprint density at radius 3 is 2.59 bits per heavy atom. The van der Waals surface area contributed by atoms with Crippen LogP contribution >= 0.6 is 11.8 Å². The maximum Gasteiger partial charge on any atom is 0.0570 e. The second-order valence-corrected chi connectivity index (χ2v) is 5.74. The van der Waals surface area contributed by atoms with Gasteiger partial charge in [-0.2, -0.15) is 11.8 Å². The van der Waals surface area contributed by atoms with Crippen LogP contribution in [0.15, 0.2) is 18.3 Å². The number of aryl methyl sites for hydroxylation is 1. The average Bonchev–Trinajstić information content (AvgIpc) is 2.37. The summed E-state index contributed by atoms with van der Waals surface area (Å²) in [5.41, 5.74) is 2.43. The molecule has 0 aliphatic heterocycles. The lowest BCUT2D eigenvalue weighted by atomic mass is 10.0. The Bertz CT molecular complexity index is 326. The molecule has 0 saturated heterocycles. The van der Waals surface area contributed by atoms with Crippen LogP contribution < -0.4 is 5.32 Å². The van der Waals surface area contributed by atoms with Crippen molar-refractivity contribution in [3.63, 3.8) is 0 Å². The number of pyridine rings is 1. The summed E-state index contributed by atoms with van der Waals surface area (Å²) in [4.78, 5) is 4.41. The fourth-order valence-electron chi connectivity index (χ4n) is 1.97. The van der Waals surface area contributed by atoms with Crippen molar-refractivity contribution in [2.24, 2.45) is 0 Å². The first-order chi connectivity index (χ1) is 8.17. The van der Waals surface area contributed by atoms with Gasteiger partial charge in [0.05, 0.1) is 5.69 Å². The first-order valence-corrected chi connectivity index (χ1v) is 7.56. The summed E-state index contributed by atoms with van der Waals surface area (Å²) in [5, 5.41) is 3.55. The van der Waals surface area contributed by atoms with Crippen molar-refractivity contribution >= 4 is 11.8 Å². The fourth-order valence-corrected chi connectivity index (χ4v) is 2.80. The minimum absolute atomic E-state index is 0.378. The molecule has 3 heteroatoms. The van der Waals surface area contributed by atoms with Crippen molar-refractivity contribution < 1.29 is 0 Å². The third-order valence-corrected chi connectivity index (χ3v) is 5.17. The van der Waals surface area contributed by atoms with Gasteiger partial charge in [0.15, 0.2) is 0 Å². The molecule has 0 radical (unpaired) electrons. The van der Waals surface area contributed by atoms with Crippen LogP contribution in [0.3, 0.4) is 0 Å². The predicted molar refractivity (Wildman–Crippen MR) is 77.5 cm³/mol. The first-order valence-electron chi connectivity index (χ1n) is 6.34. The van der Waals surface area contributed by atoms with E-state index in [0.29, 0.717) is 4.75 Å². The van der Waals surface area contributed by atoms with Crippen LogP contribution in [0.2, 0.25) is 0 Å². The van der Waals surface area contributed by atoms with E-state index in [4.69, 9.17) is 0 Å².